The fourth-order valence-corrected chi connectivity index (χ4v) is 4.63. The molecule has 7 nitrogen and oxygen atoms in total. The van der Waals surface area contributed by atoms with E-state index in [1.54, 1.807) is 6.21 Å². The molecule has 8 heteroatoms. The van der Waals surface area contributed by atoms with Crippen molar-refractivity contribution in [2.45, 2.75) is 53.0 Å². The number of amides is 1. The van der Waals surface area contributed by atoms with Crippen LogP contribution in [0, 0.1) is 27.7 Å². The van der Waals surface area contributed by atoms with Crippen molar-refractivity contribution in [3.8, 4) is 0 Å². The van der Waals surface area contributed by atoms with Gasteiger partial charge in [0, 0.05) is 27.9 Å². The highest BCUT2D eigenvalue weighted by molar-refractivity contribution is 7.18. The first-order valence-corrected chi connectivity index (χ1v) is 10.2. The predicted molar refractivity (Wildman–Crippen MR) is 111 cm³/mol. The van der Waals surface area contributed by atoms with Crippen LogP contribution in [0.1, 0.15) is 52.1 Å². The van der Waals surface area contributed by atoms with Crippen LogP contribution in [0.2, 0.25) is 0 Å². The number of thiophene rings is 1. The van der Waals surface area contributed by atoms with Gasteiger partial charge in [0.2, 0.25) is 5.91 Å². The van der Waals surface area contributed by atoms with Gasteiger partial charge in [0.25, 0.3) is 5.56 Å². The number of carbonyl (C=O) groups is 1. The predicted octanol–water partition coefficient (Wildman–Crippen LogP) is 3.05. The molecule has 2 N–H and O–H groups in total. The molecule has 3 aromatic rings. The molecule has 0 saturated heterocycles. The molecule has 1 aliphatic carbocycles. The van der Waals surface area contributed by atoms with E-state index in [2.05, 4.69) is 45.0 Å². The Morgan fingerprint density at radius 2 is 2.14 bits per heavy atom. The van der Waals surface area contributed by atoms with Crippen LogP contribution in [0.3, 0.4) is 0 Å². The van der Waals surface area contributed by atoms with Crippen molar-refractivity contribution in [3.63, 3.8) is 0 Å². The first kappa shape index (κ1) is 18.6. The number of hydrogen-bond donors (Lipinski definition) is 2. The highest BCUT2D eigenvalue weighted by atomic mass is 32.1. The third kappa shape index (κ3) is 3.40. The number of H-pyrrole nitrogens is 1. The lowest BCUT2D eigenvalue weighted by Crippen LogP contribution is -2.23. The Kier molecular flexibility index (Phi) is 4.66. The zero-order valence-electron chi connectivity index (χ0n) is 16.4. The van der Waals surface area contributed by atoms with Crippen molar-refractivity contribution < 1.29 is 4.79 Å². The van der Waals surface area contributed by atoms with Gasteiger partial charge in [-0.1, -0.05) is 0 Å². The fourth-order valence-electron chi connectivity index (χ4n) is 3.58. The minimum absolute atomic E-state index is 0.0282. The van der Waals surface area contributed by atoms with Crippen LogP contribution in [0.4, 0.5) is 0 Å². The van der Waals surface area contributed by atoms with E-state index in [9.17, 15) is 9.59 Å². The molecule has 0 atom stereocenters. The Balaban J connectivity index is 1.45. The molecule has 0 aliphatic heterocycles. The SMILES string of the molecule is Cc1sc2nc(CC(=O)N/N=C/c3cc(C)n(C4CC4)c3C)[nH]c(=O)c2c1C. The van der Waals surface area contributed by atoms with Gasteiger partial charge in [-0.25, -0.2) is 10.4 Å². The molecule has 1 amide bonds. The van der Waals surface area contributed by atoms with Gasteiger partial charge in [-0.05, 0) is 52.2 Å². The number of fused-ring (bicyclic) bond motifs is 1. The molecule has 1 aliphatic rings. The molecule has 1 fully saturated rings. The quantitative estimate of drug-likeness (QED) is 0.512. The number of hydrazone groups is 1. The van der Waals surface area contributed by atoms with E-state index in [-0.39, 0.29) is 17.9 Å². The molecule has 4 rings (SSSR count). The number of nitrogens with one attached hydrogen (secondary N) is 2. The Morgan fingerprint density at radius 1 is 1.39 bits per heavy atom. The summed E-state index contributed by atoms with van der Waals surface area (Å²) in [5.74, 6) is 0.0260. The number of aromatic nitrogens is 3. The lowest BCUT2D eigenvalue weighted by Gasteiger charge is -2.06. The van der Waals surface area contributed by atoms with E-state index in [4.69, 9.17) is 0 Å². The van der Waals surface area contributed by atoms with Gasteiger partial charge >= 0.3 is 0 Å². The van der Waals surface area contributed by atoms with Crippen LogP contribution in [0.5, 0.6) is 0 Å². The van der Waals surface area contributed by atoms with Crippen molar-refractivity contribution in [3.05, 3.63) is 49.6 Å². The van der Waals surface area contributed by atoms with Gasteiger partial charge in [0.1, 0.15) is 10.7 Å². The molecular formula is C20H23N5O2S. The van der Waals surface area contributed by atoms with Crippen LogP contribution < -0.4 is 11.0 Å². The van der Waals surface area contributed by atoms with Crippen LogP contribution in [-0.4, -0.2) is 26.7 Å². The van der Waals surface area contributed by atoms with Gasteiger partial charge in [-0.2, -0.15) is 5.10 Å². The van der Waals surface area contributed by atoms with Gasteiger partial charge in [0.15, 0.2) is 0 Å². The maximum atomic E-state index is 12.3. The summed E-state index contributed by atoms with van der Waals surface area (Å²) >= 11 is 1.47. The number of rotatable bonds is 5. The van der Waals surface area contributed by atoms with Crippen molar-refractivity contribution in [1.82, 2.24) is 20.0 Å². The molecule has 0 spiro atoms. The fraction of sp³-hybridized carbons (Fsp3) is 0.400. The molecule has 0 aromatic carbocycles. The highest BCUT2D eigenvalue weighted by Gasteiger charge is 2.26. The van der Waals surface area contributed by atoms with Gasteiger partial charge in [0.05, 0.1) is 18.0 Å². The zero-order chi connectivity index (χ0) is 20.0. The number of hydrogen-bond acceptors (Lipinski definition) is 5. The maximum absolute atomic E-state index is 12.3. The molecule has 0 bridgehead atoms. The van der Waals surface area contributed by atoms with Gasteiger partial charge in [-0.15, -0.1) is 11.3 Å². The lowest BCUT2D eigenvalue weighted by molar-refractivity contribution is -0.120. The third-order valence-electron chi connectivity index (χ3n) is 5.24. The molecular weight excluding hydrogens is 374 g/mol. The van der Waals surface area contributed by atoms with E-state index in [0.29, 0.717) is 22.1 Å². The number of nitrogens with zero attached hydrogens (tertiary/aromatic N) is 3. The second-order valence-electron chi connectivity index (χ2n) is 7.37. The summed E-state index contributed by atoms with van der Waals surface area (Å²) in [6.07, 6.45) is 4.09. The molecule has 1 saturated carbocycles. The standard InChI is InChI=1S/C20H23N5O2S/c1-10-7-14(12(3)25(10)15-5-6-15)9-21-24-17(26)8-16-22-19(27)18-11(2)13(4)28-20(18)23-16/h7,9,15H,5-6,8H2,1-4H3,(H,24,26)(H,22,23,27)/b21-9+. The van der Waals surface area contributed by atoms with Crippen molar-refractivity contribution in [2.24, 2.45) is 5.10 Å². The van der Waals surface area contributed by atoms with E-state index in [0.717, 1.165) is 21.7 Å². The molecule has 146 valence electrons. The minimum atomic E-state index is -0.320. The van der Waals surface area contributed by atoms with E-state index in [1.807, 2.05) is 13.8 Å². The monoisotopic (exact) mass is 397 g/mol. The Labute approximate surface area is 166 Å². The van der Waals surface area contributed by atoms with Crippen LogP contribution in [-0.2, 0) is 11.2 Å². The van der Waals surface area contributed by atoms with E-state index < -0.39 is 0 Å². The number of aromatic amines is 1. The molecule has 3 heterocycles. The Hall–Kier alpha value is -2.74. The topological polar surface area (TPSA) is 92.1 Å². The average Bonchev–Trinajstić information content (AvgIpc) is 3.34. The largest absolute Gasteiger partial charge is 0.345 e. The summed E-state index contributed by atoms with van der Waals surface area (Å²) in [5, 5.41) is 4.69. The summed E-state index contributed by atoms with van der Waals surface area (Å²) in [6.45, 7) is 8.03. The number of aryl methyl sites for hydroxylation is 3. The van der Waals surface area contributed by atoms with Gasteiger partial charge in [-0.3, -0.25) is 9.59 Å². The van der Waals surface area contributed by atoms with E-state index >= 15 is 0 Å². The summed E-state index contributed by atoms with van der Waals surface area (Å²) < 4.78 is 2.33. The van der Waals surface area contributed by atoms with Crippen molar-refractivity contribution in [2.75, 3.05) is 0 Å². The van der Waals surface area contributed by atoms with Gasteiger partial charge < -0.3 is 9.55 Å². The Bertz CT molecular complexity index is 1160. The third-order valence-corrected chi connectivity index (χ3v) is 6.35. The average molecular weight is 398 g/mol. The maximum Gasteiger partial charge on any atom is 0.259 e. The molecule has 3 aromatic heterocycles. The van der Waals surface area contributed by atoms with Crippen LogP contribution in [0.15, 0.2) is 16.0 Å². The molecule has 0 radical (unpaired) electrons. The zero-order valence-corrected chi connectivity index (χ0v) is 17.2. The summed E-state index contributed by atoms with van der Waals surface area (Å²) in [5.41, 5.74) is 6.65. The number of carbonyl (C=O) groups excluding carboxylic acids is 1. The summed E-state index contributed by atoms with van der Waals surface area (Å²) in [6, 6.07) is 2.69. The normalized spacial score (nSPS) is 14.3. The molecule has 0 unspecified atom stereocenters. The smallest absolute Gasteiger partial charge is 0.259 e. The minimum Gasteiger partial charge on any atom is -0.345 e. The van der Waals surface area contributed by atoms with Crippen LogP contribution in [0.25, 0.3) is 10.2 Å². The highest BCUT2D eigenvalue weighted by Crippen LogP contribution is 2.38. The molecule has 28 heavy (non-hydrogen) atoms. The summed E-state index contributed by atoms with van der Waals surface area (Å²) in [4.78, 5) is 33.4. The first-order valence-electron chi connectivity index (χ1n) is 9.34. The summed E-state index contributed by atoms with van der Waals surface area (Å²) in [7, 11) is 0. The second-order valence-corrected chi connectivity index (χ2v) is 8.58. The van der Waals surface area contributed by atoms with Crippen LogP contribution >= 0.6 is 11.3 Å². The van der Waals surface area contributed by atoms with E-state index in [1.165, 1.54) is 29.9 Å². The lowest BCUT2D eigenvalue weighted by atomic mass is 10.2. The first-order chi connectivity index (χ1) is 13.3. The van der Waals surface area contributed by atoms with Crippen molar-refractivity contribution in [1.29, 1.82) is 0 Å². The second kappa shape index (κ2) is 7.01. The Morgan fingerprint density at radius 3 is 2.86 bits per heavy atom. The van der Waals surface area contributed by atoms with Crippen molar-refractivity contribution >= 4 is 33.7 Å².